The number of aliphatic imine (C=N–C) groups is 1. The molecule has 1 fully saturated rings. The minimum absolute atomic E-state index is 0.127. The summed E-state index contributed by atoms with van der Waals surface area (Å²) in [6.45, 7) is 1.91. The zero-order chi connectivity index (χ0) is 16.3. The Morgan fingerprint density at radius 3 is 2.73 bits per heavy atom. The molecule has 1 saturated carbocycles. The highest BCUT2D eigenvalue weighted by atomic mass is 127. The van der Waals surface area contributed by atoms with Crippen LogP contribution in [-0.2, 0) is 4.79 Å². The topological polar surface area (TPSA) is 95.9 Å². The number of allylic oxidation sites excluding steroid dienone is 1. The van der Waals surface area contributed by atoms with Gasteiger partial charge < -0.3 is 15.9 Å². The third kappa shape index (κ3) is 4.10. The molecular weight excluding hydrogens is 395 g/mol. The molecule has 0 saturated heterocycles. The molecule has 0 bridgehead atoms. The summed E-state index contributed by atoms with van der Waals surface area (Å²) < 4.78 is 5.55. The molecule has 22 heavy (non-hydrogen) atoms. The van der Waals surface area contributed by atoms with Crippen molar-refractivity contribution in [1.29, 1.82) is 0 Å². The van der Waals surface area contributed by atoms with E-state index in [1.807, 2.05) is 6.92 Å². The van der Waals surface area contributed by atoms with Crippen LogP contribution in [0.4, 0.5) is 0 Å². The molecule has 0 amide bonds. The van der Waals surface area contributed by atoms with Gasteiger partial charge in [-0.1, -0.05) is 17.4 Å². The number of hydrogen-bond donors (Lipinski definition) is 3. The molecule has 2 atom stereocenters. The fourth-order valence-corrected chi connectivity index (χ4v) is 7.29. The molecule has 4 N–H and O–H groups in total. The number of nitrogens with two attached hydrogens (primary N) is 1. The first kappa shape index (κ1) is 17.5. The zero-order valence-electron chi connectivity index (χ0n) is 13.0. The number of amidine groups is 1. The van der Waals surface area contributed by atoms with Crippen molar-refractivity contribution in [3.63, 3.8) is 0 Å². The second kappa shape index (κ2) is 7.12. The minimum atomic E-state index is -2.18. The average molecular weight is 420 g/mol. The molecule has 2 rings (SSSR count). The molecular formula is C16H25IN2O3. The Bertz CT molecular complexity index is 599. The average Bonchev–Trinajstić information content (AvgIpc) is 2.49. The van der Waals surface area contributed by atoms with Gasteiger partial charge in [-0.15, -0.1) is 18.9 Å². The first-order chi connectivity index (χ1) is 10.3. The number of carbonyl (C=O) groups is 1. The standard InChI is InChI=1S/C16H25IN2O3/c1-16(22)8-4-3-6-11(7-5-9-16)12-10-19-14(18)13(15(20)21)17(12)2/h10-11,22H,2-9H2,1H3,(H2,18,19)(H,20,21). The van der Waals surface area contributed by atoms with E-state index in [9.17, 15) is 15.0 Å². The molecule has 1 aliphatic heterocycles. The first-order valence-electron chi connectivity index (χ1n) is 7.67. The van der Waals surface area contributed by atoms with Gasteiger partial charge in [0.15, 0.2) is 0 Å². The molecule has 5 nitrogen and oxygen atoms in total. The van der Waals surface area contributed by atoms with Crippen molar-refractivity contribution in [1.82, 2.24) is 0 Å². The van der Waals surface area contributed by atoms with Crippen molar-refractivity contribution in [3.05, 3.63) is 9.78 Å². The fraction of sp³-hybridized carbons (Fsp3) is 0.625. The molecule has 1 aliphatic carbocycles. The maximum atomic E-state index is 11.4. The lowest BCUT2D eigenvalue weighted by molar-refractivity contribution is -0.128. The van der Waals surface area contributed by atoms with Crippen molar-refractivity contribution in [3.8, 4) is 0 Å². The number of carboxylic acid groups (broad SMARTS) is 1. The quantitative estimate of drug-likeness (QED) is 0.599. The first-order valence-corrected chi connectivity index (χ1v) is 11.4. The Labute approximate surface area is 137 Å². The number of halogens is 1. The number of aliphatic hydroxyl groups is 1. The summed E-state index contributed by atoms with van der Waals surface area (Å²) in [6.07, 6.45) is 8.39. The monoisotopic (exact) mass is 420 g/mol. The summed E-state index contributed by atoms with van der Waals surface area (Å²) in [5, 5.41) is 19.6. The number of hydrogen-bond acceptors (Lipinski definition) is 4. The van der Waals surface area contributed by atoms with Gasteiger partial charge in [-0.25, -0.2) is 9.79 Å². The molecule has 0 aromatic carbocycles. The van der Waals surface area contributed by atoms with E-state index in [4.69, 9.17) is 5.73 Å². The van der Waals surface area contributed by atoms with Crippen LogP contribution in [0.3, 0.4) is 0 Å². The van der Waals surface area contributed by atoms with E-state index in [0.29, 0.717) is 5.92 Å². The Morgan fingerprint density at radius 2 is 2.05 bits per heavy atom. The van der Waals surface area contributed by atoms with Crippen LogP contribution in [0.5, 0.6) is 0 Å². The van der Waals surface area contributed by atoms with Gasteiger partial charge in [0.2, 0.25) is 0 Å². The van der Waals surface area contributed by atoms with E-state index >= 15 is 0 Å². The van der Waals surface area contributed by atoms with Gasteiger partial charge in [0.05, 0.1) is 5.60 Å². The van der Waals surface area contributed by atoms with Crippen LogP contribution in [0.1, 0.15) is 51.9 Å². The third-order valence-corrected chi connectivity index (χ3v) is 9.39. The molecule has 6 heteroatoms. The van der Waals surface area contributed by atoms with Gasteiger partial charge in [0.25, 0.3) is 0 Å². The Morgan fingerprint density at radius 1 is 1.41 bits per heavy atom. The van der Waals surface area contributed by atoms with Crippen LogP contribution in [0, 0.1) is 5.92 Å². The normalized spacial score (nSPS) is 31.5. The van der Waals surface area contributed by atoms with E-state index < -0.39 is 30.4 Å². The van der Waals surface area contributed by atoms with Crippen LogP contribution in [-0.4, -0.2) is 35.6 Å². The van der Waals surface area contributed by atoms with Crippen molar-refractivity contribution < 1.29 is 15.0 Å². The molecule has 2 aliphatic rings. The van der Waals surface area contributed by atoms with E-state index in [-0.39, 0.29) is 9.34 Å². The maximum absolute atomic E-state index is 11.4. The Kier molecular flexibility index (Phi) is 5.65. The second-order valence-electron chi connectivity index (χ2n) is 6.34. The maximum Gasteiger partial charge on any atom is 0.344 e. The van der Waals surface area contributed by atoms with Crippen LogP contribution in [0.15, 0.2) is 14.8 Å². The largest absolute Gasteiger partial charge is 0.477 e. The molecule has 2 unspecified atom stereocenters. The third-order valence-electron chi connectivity index (χ3n) is 4.41. The van der Waals surface area contributed by atoms with Crippen molar-refractivity contribution in [2.45, 2.75) is 57.5 Å². The summed E-state index contributed by atoms with van der Waals surface area (Å²) in [7, 11) is 0. The predicted molar refractivity (Wildman–Crippen MR) is 99.9 cm³/mol. The lowest BCUT2D eigenvalue weighted by atomic mass is 9.93. The van der Waals surface area contributed by atoms with E-state index in [1.165, 1.54) is 0 Å². The summed E-state index contributed by atoms with van der Waals surface area (Å²) in [5.41, 5.74) is 5.16. The smallest absolute Gasteiger partial charge is 0.344 e. The van der Waals surface area contributed by atoms with E-state index in [1.54, 1.807) is 6.20 Å². The van der Waals surface area contributed by atoms with Crippen molar-refractivity contribution >= 4 is 38.7 Å². The van der Waals surface area contributed by atoms with Crippen molar-refractivity contribution in [2.24, 2.45) is 16.6 Å². The Hall–Kier alpha value is -0.890. The number of nitrogens with zero attached hydrogens (tertiary/aromatic N) is 1. The van der Waals surface area contributed by atoms with Gasteiger partial charge in [0, 0.05) is 9.78 Å². The predicted octanol–water partition coefficient (Wildman–Crippen LogP) is 2.51. The zero-order valence-corrected chi connectivity index (χ0v) is 15.2. The minimum Gasteiger partial charge on any atom is -0.477 e. The summed E-state index contributed by atoms with van der Waals surface area (Å²) in [5.74, 6) is -0.511. The van der Waals surface area contributed by atoms with Gasteiger partial charge in [-0.3, -0.25) is 0 Å². The van der Waals surface area contributed by atoms with Gasteiger partial charge >= 0.3 is 5.97 Å². The molecule has 0 radical (unpaired) electrons. The van der Waals surface area contributed by atoms with Crippen LogP contribution in [0.25, 0.3) is 0 Å². The number of rotatable bonds is 2. The highest BCUT2D eigenvalue weighted by molar-refractivity contribution is 14.2. The van der Waals surface area contributed by atoms with Crippen LogP contribution >= 0.6 is 18.9 Å². The summed E-state index contributed by atoms with van der Waals surface area (Å²) >= 11 is -2.18. The SMILES string of the molecule is C=I1=C(C(=O)O)C(N)=NC=C1C1CCCCC(C)(O)CCC1. The molecule has 0 spiro atoms. The second-order valence-corrected chi connectivity index (χ2v) is 10.7. The summed E-state index contributed by atoms with van der Waals surface area (Å²) in [6, 6.07) is 0. The van der Waals surface area contributed by atoms with Gasteiger partial charge in [0.1, 0.15) is 9.34 Å². The van der Waals surface area contributed by atoms with E-state index in [0.717, 1.165) is 48.5 Å². The molecule has 1 heterocycles. The number of carboxylic acids is 1. The lowest BCUT2D eigenvalue weighted by Crippen LogP contribution is -2.31. The fourth-order valence-electron chi connectivity index (χ4n) is 3.14. The van der Waals surface area contributed by atoms with Crippen LogP contribution < -0.4 is 5.73 Å². The highest BCUT2D eigenvalue weighted by Crippen LogP contribution is 2.40. The Balaban J connectivity index is 2.23. The van der Waals surface area contributed by atoms with E-state index in [2.05, 4.69) is 9.51 Å². The lowest BCUT2D eigenvalue weighted by Gasteiger charge is -2.23. The molecule has 124 valence electrons. The highest BCUT2D eigenvalue weighted by Gasteiger charge is 2.26. The molecule has 0 aromatic rings. The van der Waals surface area contributed by atoms with Gasteiger partial charge in [-0.2, -0.15) is 0 Å². The van der Waals surface area contributed by atoms with Crippen LogP contribution in [0.2, 0.25) is 0 Å². The molecule has 0 aromatic heterocycles. The van der Waals surface area contributed by atoms with Crippen molar-refractivity contribution in [2.75, 3.05) is 0 Å². The summed E-state index contributed by atoms with van der Waals surface area (Å²) in [4.78, 5) is 15.5. The number of aliphatic carboxylic acids is 1. The van der Waals surface area contributed by atoms with Gasteiger partial charge in [-0.05, 0) is 44.9 Å².